The Balaban J connectivity index is 1.39. The molecule has 34 heavy (non-hydrogen) atoms. The van der Waals surface area contributed by atoms with E-state index in [-0.39, 0.29) is 23.3 Å². The van der Waals surface area contributed by atoms with Gasteiger partial charge in [0, 0.05) is 32.2 Å². The second kappa shape index (κ2) is 10.4. The molecule has 2 amide bonds. The lowest BCUT2D eigenvalue weighted by atomic mass is 10.1. The number of hydrogen-bond donors (Lipinski definition) is 1. The van der Waals surface area contributed by atoms with Crippen molar-refractivity contribution in [3.8, 4) is 11.5 Å². The van der Waals surface area contributed by atoms with Gasteiger partial charge >= 0.3 is 0 Å². The normalized spacial score (nSPS) is 13.3. The first-order valence-electron chi connectivity index (χ1n) is 11.1. The van der Waals surface area contributed by atoms with Crippen molar-refractivity contribution in [3.05, 3.63) is 76.9 Å². The van der Waals surface area contributed by atoms with E-state index in [1.165, 1.54) is 18.2 Å². The number of carbonyl (C=O) groups is 2. The van der Waals surface area contributed by atoms with Gasteiger partial charge in [0.05, 0.1) is 14.2 Å². The Morgan fingerprint density at radius 3 is 2.65 bits per heavy atom. The maximum atomic E-state index is 13.5. The SMILES string of the molecule is COc1ccc(CCNC(=O)c2cc3n(n2)CCCN(Cc2cccc(F)c2)C3=O)cc1OC. The molecule has 2 heterocycles. The van der Waals surface area contributed by atoms with Crippen LogP contribution in [-0.2, 0) is 19.5 Å². The first kappa shape index (κ1) is 23.3. The maximum absolute atomic E-state index is 13.5. The molecule has 0 bridgehead atoms. The van der Waals surface area contributed by atoms with Crippen molar-refractivity contribution in [1.82, 2.24) is 20.0 Å². The average molecular weight is 467 g/mol. The van der Waals surface area contributed by atoms with Crippen LogP contribution >= 0.6 is 0 Å². The largest absolute Gasteiger partial charge is 0.493 e. The van der Waals surface area contributed by atoms with E-state index < -0.39 is 0 Å². The highest BCUT2D eigenvalue weighted by molar-refractivity contribution is 5.98. The van der Waals surface area contributed by atoms with Gasteiger partial charge in [-0.1, -0.05) is 18.2 Å². The molecular weight excluding hydrogens is 439 g/mol. The number of methoxy groups -OCH3 is 2. The first-order valence-corrected chi connectivity index (χ1v) is 11.1. The zero-order chi connectivity index (χ0) is 24.1. The van der Waals surface area contributed by atoms with Gasteiger partial charge in [-0.3, -0.25) is 14.3 Å². The van der Waals surface area contributed by atoms with Gasteiger partial charge in [0.15, 0.2) is 17.2 Å². The summed E-state index contributed by atoms with van der Waals surface area (Å²) in [6, 6.07) is 13.3. The third-order valence-corrected chi connectivity index (χ3v) is 5.73. The summed E-state index contributed by atoms with van der Waals surface area (Å²) in [5.41, 5.74) is 2.26. The molecule has 1 aliphatic rings. The van der Waals surface area contributed by atoms with Crippen LogP contribution < -0.4 is 14.8 Å². The molecule has 0 unspecified atom stereocenters. The Morgan fingerprint density at radius 1 is 1.06 bits per heavy atom. The highest BCUT2D eigenvalue weighted by Crippen LogP contribution is 2.27. The predicted molar refractivity (Wildman–Crippen MR) is 124 cm³/mol. The number of hydrogen-bond acceptors (Lipinski definition) is 5. The van der Waals surface area contributed by atoms with Crippen LogP contribution in [0, 0.1) is 5.82 Å². The summed E-state index contributed by atoms with van der Waals surface area (Å²) in [5, 5.41) is 7.21. The quantitative estimate of drug-likeness (QED) is 0.552. The summed E-state index contributed by atoms with van der Waals surface area (Å²) >= 11 is 0. The van der Waals surface area contributed by atoms with Crippen molar-refractivity contribution in [2.24, 2.45) is 0 Å². The molecule has 1 aliphatic heterocycles. The molecule has 8 nitrogen and oxygen atoms in total. The number of benzene rings is 2. The molecule has 0 spiro atoms. The lowest BCUT2D eigenvalue weighted by molar-refractivity contribution is 0.0745. The predicted octanol–water partition coefficient (Wildman–Crippen LogP) is 3.06. The van der Waals surface area contributed by atoms with Gasteiger partial charge in [0.25, 0.3) is 11.8 Å². The lowest BCUT2D eigenvalue weighted by Gasteiger charge is -2.20. The number of aryl methyl sites for hydroxylation is 1. The van der Waals surface area contributed by atoms with E-state index in [9.17, 15) is 14.0 Å². The molecule has 9 heteroatoms. The molecule has 1 aromatic heterocycles. The molecule has 0 saturated carbocycles. The molecule has 4 rings (SSSR count). The van der Waals surface area contributed by atoms with Gasteiger partial charge in [-0.25, -0.2) is 4.39 Å². The number of rotatable bonds is 8. The number of halogens is 1. The number of nitrogens with zero attached hydrogens (tertiary/aromatic N) is 3. The Morgan fingerprint density at radius 2 is 1.88 bits per heavy atom. The van der Waals surface area contributed by atoms with Crippen LogP contribution in [0.15, 0.2) is 48.5 Å². The topological polar surface area (TPSA) is 85.7 Å². The fourth-order valence-corrected chi connectivity index (χ4v) is 4.00. The Bertz CT molecular complexity index is 1190. The number of fused-ring (bicyclic) bond motifs is 1. The zero-order valence-electron chi connectivity index (χ0n) is 19.2. The summed E-state index contributed by atoms with van der Waals surface area (Å²) in [6.45, 7) is 1.76. The van der Waals surface area contributed by atoms with E-state index in [1.54, 1.807) is 35.9 Å². The second-order valence-corrected chi connectivity index (χ2v) is 8.04. The Labute approximate surface area is 197 Å². The van der Waals surface area contributed by atoms with Crippen LogP contribution in [0.4, 0.5) is 4.39 Å². The van der Waals surface area contributed by atoms with E-state index in [2.05, 4.69) is 10.4 Å². The zero-order valence-corrected chi connectivity index (χ0v) is 19.2. The van der Waals surface area contributed by atoms with Gasteiger partial charge < -0.3 is 19.7 Å². The number of ether oxygens (including phenoxy) is 2. The van der Waals surface area contributed by atoms with E-state index >= 15 is 0 Å². The van der Waals surface area contributed by atoms with Crippen LogP contribution in [0.25, 0.3) is 0 Å². The first-order chi connectivity index (χ1) is 16.5. The minimum absolute atomic E-state index is 0.197. The van der Waals surface area contributed by atoms with Gasteiger partial charge in [-0.2, -0.15) is 5.10 Å². The van der Waals surface area contributed by atoms with Crippen molar-refractivity contribution >= 4 is 11.8 Å². The summed E-state index contributed by atoms with van der Waals surface area (Å²) in [7, 11) is 3.16. The molecular formula is C25H27FN4O4. The fraction of sp³-hybridized carbons (Fsp3) is 0.320. The molecule has 178 valence electrons. The molecule has 2 aromatic carbocycles. The number of nitrogens with one attached hydrogen (secondary N) is 1. The van der Waals surface area contributed by atoms with Crippen molar-refractivity contribution in [2.75, 3.05) is 27.3 Å². The summed E-state index contributed by atoms with van der Waals surface area (Å²) in [6.07, 6.45) is 1.29. The van der Waals surface area contributed by atoms with E-state index in [0.717, 1.165) is 11.1 Å². The van der Waals surface area contributed by atoms with E-state index in [1.807, 2.05) is 18.2 Å². The molecule has 1 N–H and O–H groups in total. The monoisotopic (exact) mass is 466 g/mol. The standard InChI is InChI=1S/C25H27FN4O4/c1-33-22-8-7-17(14-23(22)34-2)9-10-27-24(31)20-15-21-25(32)29(11-4-12-30(21)28-20)16-18-5-3-6-19(26)13-18/h3,5-8,13-15H,4,9-12,16H2,1-2H3,(H,27,31). The Hall–Kier alpha value is -3.88. The minimum atomic E-state index is -0.342. The fourth-order valence-electron chi connectivity index (χ4n) is 4.00. The molecule has 0 radical (unpaired) electrons. The van der Waals surface area contributed by atoms with Crippen LogP contribution in [-0.4, -0.2) is 53.8 Å². The molecule has 0 fully saturated rings. The third-order valence-electron chi connectivity index (χ3n) is 5.73. The number of amides is 2. The molecule has 3 aromatic rings. The van der Waals surface area contributed by atoms with Crippen molar-refractivity contribution in [3.63, 3.8) is 0 Å². The highest BCUT2D eigenvalue weighted by atomic mass is 19.1. The van der Waals surface area contributed by atoms with Crippen LogP contribution in [0.2, 0.25) is 0 Å². The smallest absolute Gasteiger partial charge is 0.272 e. The third kappa shape index (κ3) is 5.19. The summed E-state index contributed by atoms with van der Waals surface area (Å²) < 4.78 is 25.7. The molecule has 0 aliphatic carbocycles. The van der Waals surface area contributed by atoms with Crippen LogP contribution in [0.3, 0.4) is 0 Å². The van der Waals surface area contributed by atoms with Crippen molar-refractivity contribution in [1.29, 1.82) is 0 Å². The highest BCUT2D eigenvalue weighted by Gasteiger charge is 2.26. The molecule has 0 saturated heterocycles. The molecule has 0 atom stereocenters. The number of carbonyl (C=O) groups excluding carboxylic acids is 2. The van der Waals surface area contributed by atoms with Crippen molar-refractivity contribution in [2.45, 2.75) is 25.9 Å². The van der Waals surface area contributed by atoms with Crippen molar-refractivity contribution < 1.29 is 23.5 Å². The van der Waals surface area contributed by atoms with Crippen LogP contribution in [0.5, 0.6) is 11.5 Å². The average Bonchev–Trinajstić information content (AvgIpc) is 3.21. The maximum Gasteiger partial charge on any atom is 0.272 e. The van der Waals surface area contributed by atoms with Gasteiger partial charge in [-0.15, -0.1) is 0 Å². The minimum Gasteiger partial charge on any atom is -0.493 e. The Kier molecular flexibility index (Phi) is 7.10. The lowest BCUT2D eigenvalue weighted by Crippen LogP contribution is -2.30. The number of aromatic nitrogens is 2. The van der Waals surface area contributed by atoms with Gasteiger partial charge in [0.2, 0.25) is 0 Å². The van der Waals surface area contributed by atoms with Gasteiger partial charge in [0.1, 0.15) is 11.5 Å². The van der Waals surface area contributed by atoms with E-state index in [0.29, 0.717) is 56.2 Å². The second-order valence-electron chi connectivity index (χ2n) is 8.04. The van der Waals surface area contributed by atoms with E-state index in [4.69, 9.17) is 9.47 Å². The summed E-state index contributed by atoms with van der Waals surface area (Å²) in [4.78, 5) is 27.4. The summed E-state index contributed by atoms with van der Waals surface area (Å²) in [5.74, 6) is 0.373. The van der Waals surface area contributed by atoms with Crippen LogP contribution in [0.1, 0.15) is 38.5 Å². The van der Waals surface area contributed by atoms with Gasteiger partial charge in [-0.05, 0) is 48.2 Å².